The van der Waals surface area contributed by atoms with Crippen molar-refractivity contribution in [3.8, 4) is 5.88 Å². The van der Waals surface area contributed by atoms with Crippen LogP contribution in [0.5, 0.6) is 5.88 Å². The molecule has 0 atom stereocenters. The summed E-state index contributed by atoms with van der Waals surface area (Å²) in [5.41, 5.74) is 11.8. The van der Waals surface area contributed by atoms with E-state index in [0.29, 0.717) is 23.9 Å². The number of hydrogen-bond donors (Lipinski definition) is 3. The smallest absolute Gasteiger partial charge is 0.258 e. The number of aliphatic hydroxyl groups excluding tert-OH is 1. The van der Waals surface area contributed by atoms with Crippen molar-refractivity contribution in [3.05, 3.63) is 0 Å². The van der Waals surface area contributed by atoms with E-state index < -0.39 is 0 Å². The molecule has 6 heteroatoms. The van der Waals surface area contributed by atoms with Crippen LogP contribution in [0, 0.1) is 0 Å². The molecule has 0 fully saturated rings. The quantitative estimate of drug-likeness (QED) is 0.588. The molecule has 0 spiro atoms. The zero-order valence-corrected chi connectivity index (χ0v) is 8.94. The van der Waals surface area contributed by atoms with Crippen LogP contribution in [-0.2, 0) is 6.54 Å². The van der Waals surface area contributed by atoms with E-state index in [1.54, 1.807) is 4.68 Å². The van der Waals surface area contributed by atoms with Crippen LogP contribution in [0.3, 0.4) is 0 Å². The molecule has 0 aliphatic carbocycles. The van der Waals surface area contributed by atoms with E-state index in [1.165, 1.54) is 7.11 Å². The Morgan fingerprint density at radius 3 is 2.60 bits per heavy atom. The first kappa shape index (κ1) is 11.6. The number of nitrogen functional groups attached to an aromatic ring is 2. The maximum Gasteiger partial charge on any atom is 0.258 e. The minimum absolute atomic E-state index is 0.222. The van der Waals surface area contributed by atoms with Crippen molar-refractivity contribution < 1.29 is 9.84 Å². The van der Waals surface area contributed by atoms with Crippen molar-refractivity contribution in [2.75, 3.05) is 25.2 Å². The van der Waals surface area contributed by atoms with Gasteiger partial charge in [0.05, 0.1) is 7.11 Å². The first-order chi connectivity index (χ1) is 7.20. The van der Waals surface area contributed by atoms with Gasteiger partial charge in [0.25, 0.3) is 5.88 Å². The molecule has 1 aromatic heterocycles. The lowest BCUT2D eigenvalue weighted by molar-refractivity contribution is 0.281. The summed E-state index contributed by atoms with van der Waals surface area (Å²) in [7, 11) is 1.51. The number of unbranched alkanes of at least 4 members (excludes halogenated alkanes) is 2. The van der Waals surface area contributed by atoms with Crippen LogP contribution in [0.25, 0.3) is 0 Å². The lowest BCUT2D eigenvalue weighted by Gasteiger charge is -2.02. The standard InChI is InChI=1S/C9H18N4O2/c1-15-9-7(10)8(11)13(12-9)5-3-2-4-6-14/h14H,2-6,10-11H2,1H3. The topological polar surface area (TPSA) is 99.3 Å². The van der Waals surface area contributed by atoms with Crippen LogP contribution < -0.4 is 16.2 Å². The highest BCUT2D eigenvalue weighted by Gasteiger charge is 2.12. The van der Waals surface area contributed by atoms with Gasteiger partial charge in [0, 0.05) is 13.2 Å². The van der Waals surface area contributed by atoms with Gasteiger partial charge in [-0.2, -0.15) is 0 Å². The van der Waals surface area contributed by atoms with Crippen LogP contribution in [0.4, 0.5) is 11.5 Å². The van der Waals surface area contributed by atoms with Gasteiger partial charge in [-0.3, -0.25) is 0 Å². The van der Waals surface area contributed by atoms with E-state index in [1.807, 2.05) is 0 Å². The van der Waals surface area contributed by atoms with Crippen molar-refractivity contribution in [1.29, 1.82) is 0 Å². The molecular formula is C9H18N4O2. The summed E-state index contributed by atoms with van der Waals surface area (Å²) < 4.78 is 6.59. The summed E-state index contributed by atoms with van der Waals surface area (Å²) >= 11 is 0. The fourth-order valence-corrected chi connectivity index (χ4v) is 1.34. The Morgan fingerprint density at radius 2 is 2.07 bits per heavy atom. The Balaban J connectivity index is 2.53. The van der Waals surface area contributed by atoms with Crippen LogP contribution >= 0.6 is 0 Å². The fourth-order valence-electron chi connectivity index (χ4n) is 1.34. The molecule has 0 radical (unpaired) electrons. The zero-order chi connectivity index (χ0) is 11.3. The van der Waals surface area contributed by atoms with Crippen molar-refractivity contribution in [2.45, 2.75) is 25.8 Å². The van der Waals surface area contributed by atoms with Crippen molar-refractivity contribution in [1.82, 2.24) is 9.78 Å². The summed E-state index contributed by atoms with van der Waals surface area (Å²) in [5.74, 6) is 0.811. The molecule has 1 rings (SSSR count). The molecule has 0 saturated heterocycles. The van der Waals surface area contributed by atoms with Gasteiger partial charge < -0.3 is 21.3 Å². The maximum absolute atomic E-state index is 8.62. The number of ether oxygens (including phenoxy) is 1. The number of methoxy groups -OCH3 is 1. The molecule has 1 aromatic rings. The number of rotatable bonds is 6. The normalized spacial score (nSPS) is 10.5. The number of hydrogen-bond acceptors (Lipinski definition) is 5. The van der Waals surface area contributed by atoms with Crippen molar-refractivity contribution in [3.63, 3.8) is 0 Å². The van der Waals surface area contributed by atoms with Gasteiger partial charge in [-0.05, 0) is 19.3 Å². The number of aryl methyl sites for hydroxylation is 1. The van der Waals surface area contributed by atoms with Crippen LogP contribution in [-0.4, -0.2) is 28.6 Å². The van der Waals surface area contributed by atoms with Gasteiger partial charge in [0.2, 0.25) is 0 Å². The molecule has 5 N–H and O–H groups in total. The van der Waals surface area contributed by atoms with Crippen LogP contribution in [0.15, 0.2) is 0 Å². The molecule has 0 aliphatic rings. The number of nitrogens with zero attached hydrogens (tertiary/aromatic N) is 2. The molecule has 0 aromatic carbocycles. The third-order valence-electron chi connectivity index (χ3n) is 2.22. The van der Waals surface area contributed by atoms with Crippen molar-refractivity contribution >= 4 is 11.5 Å². The lowest BCUT2D eigenvalue weighted by Crippen LogP contribution is -2.05. The van der Waals surface area contributed by atoms with Gasteiger partial charge in [0.15, 0.2) is 0 Å². The van der Waals surface area contributed by atoms with E-state index >= 15 is 0 Å². The SMILES string of the molecule is COc1nn(CCCCCO)c(N)c1N. The van der Waals surface area contributed by atoms with Gasteiger partial charge in [0.1, 0.15) is 11.5 Å². The van der Waals surface area contributed by atoms with E-state index in [9.17, 15) is 0 Å². The molecule has 86 valence electrons. The highest BCUT2D eigenvalue weighted by atomic mass is 16.5. The highest BCUT2D eigenvalue weighted by molar-refractivity contribution is 5.65. The van der Waals surface area contributed by atoms with Gasteiger partial charge in [-0.25, -0.2) is 4.68 Å². The minimum Gasteiger partial charge on any atom is -0.478 e. The van der Waals surface area contributed by atoms with E-state index in [4.69, 9.17) is 21.3 Å². The van der Waals surface area contributed by atoms with Crippen LogP contribution in [0.2, 0.25) is 0 Å². The molecule has 15 heavy (non-hydrogen) atoms. The summed E-state index contributed by atoms with van der Waals surface area (Å²) in [6.07, 6.45) is 2.65. The summed E-state index contributed by atoms with van der Waals surface area (Å²) in [6, 6.07) is 0. The van der Waals surface area contributed by atoms with E-state index in [0.717, 1.165) is 19.3 Å². The number of aromatic nitrogens is 2. The average Bonchev–Trinajstić information content (AvgIpc) is 2.52. The third kappa shape index (κ3) is 2.76. The second-order valence-electron chi connectivity index (χ2n) is 3.32. The molecule has 0 saturated carbocycles. The van der Waals surface area contributed by atoms with Crippen molar-refractivity contribution in [2.24, 2.45) is 0 Å². The minimum atomic E-state index is 0.222. The highest BCUT2D eigenvalue weighted by Crippen LogP contribution is 2.26. The molecule has 0 unspecified atom stereocenters. The summed E-state index contributed by atoms with van der Waals surface area (Å²) in [5, 5.41) is 12.7. The van der Waals surface area contributed by atoms with Gasteiger partial charge in [-0.1, -0.05) is 0 Å². The largest absolute Gasteiger partial charge is 0.478 e. The average molecular weight is 214 g/mol. The molecular weight excluding hydrogens is 196 g/mol. The van der Waals surface area contributed by atoms with E-state index in [-0.39, 0.29) is 6.61 Å². The first-order valence-electron chi connectivity index (χ1n) is 4.97. The zero-order valence-electron chi connectivity index (χ0n) is 8.94. The predicted octanol–water partition coefficient (Wildman–Crippen LogP) is 0.219. The first-order valence-corrected chi connectivity index (χ1v) is 4.97. The molecule has 0 bridgehead atoms. The molecule has 1 heterocycles. The Bertz CT molecular complexity index is 311. The molecule has 0 amide bonds. The lowest BCUT2D eigenvalue weighted by atomic mass is 10.2. The number of aliphatic hydroxyl groups is 1. The van der Waals surface area contributed by atoms with E-state index in [2.05, 4.69) is 5.10 Å². The second kappa shape index (κ2) is 5.45. The Morgan fingerprint density at radius 1 is 1.33 bits per heavy atom. The predicted molar refractivity (Wildman–Crippen MR) is 58.5 cm³/mol. The molecule has 6 nitrogen and oxygen atoms in total. The Kier molecular flexibility index (Phi) is 4.23. The van der Waals surface area contributed by atoms with Gasteiger partial charge >= 0.3 is 0 Å². The fraction of sp³-hybridized carbons (Fsp3) is 0.667. The number of nitrogens with two attached hydrogens (primary N) is 2. The second-order valence-corrected chi connectivity index (χ2v) is 3.32. The van der Waals surface area contributed by atoms with Gasteiger partial charge in [-0.15, -0.1) is 5.10 Å². The monoisotopic (exact) mass is 214 g/mol. The Labute approximate surface area is 88.8 Å². The summed E-state index contributed by atoms with van der Waals surface area (Å²) in [6.45, 7) is 0.916. The number of anilines is 2. The maximum atomic E-state index is 8.62. The summed E-state index contributed by atoms with van der Waals surface area (Å²) in [4.78, 5) is 0. The third-order valence-corrected chi connectivity index (χ3v) is 2.22. The Hall–Kier alpha value is -1.43. The molecule has 0 aliphatic heterocycles. The van der Waals surface area contributed by atoms with Crippen LogP contribution in [0.1, 0.15) is 19.3 Å².